The molecule has 0 saturated carbocycles. The number of nitrogens with zero attached hydrogens (tertiary/aromatic N) is 2. The second-order valence-corrected chi connectivity index (χ2v) is 5.30. The Kier molecular flexibility index (Phi) is 4.74. The fourth-order valence-electron chi connectivity index (χ4n) is 2.24. The van der Waals surface area contributed by atoms with E-state index in [2.05, 4.69) is 72.5 Å². The van der Waals surface area contributed by atoms with Crippen molar-refractivity contribution in [2.24, 2.45) is 0 Å². The lowest BCUT2D eigenvalue weighted by atomic mass is 10.1. The molecule has 3 nitrogen and oxygen atoms in total. The molecule has 1 aromatic carbocycles. The molecule has 1 aromatic heterocycles. The van der Waals surface area contributed by atoms with E-state index < -0.39 is 0 Å². The van der Waals surface area contributed by atoms with Crippen molar-refractivity contribution >= 4 is 5.82 Å². The van der Waals surface area contributed by atoms with Crippen molar-refractivity contribution in [2.75, 3.05) is 19.0 Å². The number of rotatable bonds is 5. The van der Waals surface area contributed by atoms with E-state index in [4.69, 9.17) is 0 Å². The van der Waals surface area contributed by atoms with Crippen LogP contribution in [0.25, 0.3) is 0 Å². The lowest BCUT2D eigenvalue weighted by Gasteiger charge is -2.20. The van der Waals surface area contributed by atoms with Crippen molar-refractivity contribution in [3.05, 3.63) is 59.3 Å². The Bertz CT molecular complexity index is 566. The van der Waals surface area contributed by atoms with Crippen LogP contribution in [0.5, 0.6) is 0 Å². The van der Waals surface area contributed by atoms with Crippen LogP contribution in [-0.2, 0) is 6.54 Å². The molecule has 1 unspecified atom stereocenters. The molecule has 106 valence electrons. The highest BCUT2D eigenvalue weighted by atomic mass is 15.2. The summed E-state index contributed by atoms with van der Waals surface area (Å²) in [5.41, 5.74) is 3.86. The smallest absolute Gasteiger partial charge is 0.128 e. The number of pyridine rings is 1. The average molecular weight is 269 g/mol. The van der Waals surface area contributed by atoms with E-state index >= 15 is 0 Å². The van der Waals surface area contributed by atoms with Crippen LogP contribution in [0.2, 0.25) is 0 Å². The predicted molar refractivity (Wildman–Crippen MR) is 85.0 cm³/mol. The van der Waals surface area contributed by atoms with Crippen LogP contribution in [0.3, 0.4) is 0 Å². The van der Waals surface area contributed by atoms with Crippen LogP contribution >= 0.6 is 0 Å². The molecular formula is C17H23N3. The molecule has 1 N–H and O–H groups in total. The highest BCUT2D eigenvalue weighted by Gasteiger charge is 2.08. The van der Waals surface area contributed by atoms with Gasteiger partial charge in [-0.05, 0) is 44.2 Å². The summed E-state index contributed by atoms with van der Waals surface area (Å²) in [5, 5.41) is 3.26. The summed E-state index contributed by atoms with van der Waals surface area (Å²) in [6.45, 7) is 5.14. The third kappa shape index (κ3) is 3.58. The first kappa shape index (κ1) is 14.5. The Morgan fingerprint density at radius 1 is 1.25 bits per heavy atom. The molecule has 0 aliphatic carbocycles. The van der Waals surface area contributed by atoms with Gasteiger partial charge < -0.3 is 10.2 Å². The monoisotopic (exact) mass is 269 g/mol. The van der Waals surface area contributed by atoms with E-state index in [0.29, 0.717) is 6.04 Å². The highest BCUT2D eigenvalue weighted by molar-refractivity contribution is 5.42. The Hall–Kier alpha value is -1.87. The van der Waals surface area contributed by atoms with Crippen LogP contribution in [0.15, 0.2) is 42.6 Å². The van der Waals surface area contributed by atoms with Gasteiger partial charge in [-0.15, -0.1) is 0 Å². The van der Waals surface area contributed by atoms with Crippen LogP contribution in [0.4, 0.5) is 5.82 Å². The Morgan fingerprint density at radius 2 is 2.05 bits per heavy atom. The van der Waals surface area contributed by atoms with Gasteiger partial charge in [0.05, 0.1) is 0 Å². The Balaban J connectivity index is 2.14. The highest BCUT2D eigenvalue weighted by Crippen LogP contribution is 2.18. The Labute approximate surface area is 121 Å². The minimum atomic E-state index is 0.337. The molecule has 1 heterocycles. The number of anilines is 1. The number of aromatic nitrogens is 1. The average Bonchev–Trinajstić information content (AvgIpc) is 2.46. The zero-order valence-corrected chi connectivity index (χ0v) is 12.7. The summed E-state index contributed by atoms with van der Waals surface area (Å²) in [6, 6.07) is 13.1. The second kappa shape index (κ2) is 6.53. The van der Waals surface area contributed by atoms with Crippen molar-refractivity contribution in [1.82, 2.24) is 10.3 Å². The molecule has 20 heavy (non-hydrogen) atoms. The first-order valence-electron chi connectivity index (χ1n) is 7.00. The molecule has 0 saturated heterocycles. The number of aryl methyl sites for hydroxylation is 1. The van der Waals surface area contributed by atoms with E-state index in [1.807, 2.05) is 13.2 Å². The summed E-state index contributed by atoms with van der Waals surface area (Å²) in [4.78, 5) is 6.65. The van der Waals surface area contributed by atoms with Gasteiger partial charge in [0.2, 0.25) is 0 Å². The molecule has 0 bridgehead atoms. The second-order valence-electron chi connectivity index (χ2n) is 5.30. The topological polar surface area (TPSA) is 28.2 Å². The van der Waals surface area contributed by atoms with Gasteiger partial charge in [0, 0.05) is 25.8 Å². The van der Waals surface area contributed by atoms with Gasteiger partial charge in [-0.25, -0.2) is 4.98 Å². The molecule has 3 heteroatoms. The van der Waals surface area contributed by atoms with Gasteiger partial charge in [-0.3, -0.25) is 0 Å². The van der Waals surface area contributed by atoms with Crippen molar-refractivity contribution in [2.45, 2.75) is 26.4 Å². The molecule has 0 fully saturated rings. The van der Waals surface area contributed by atoms with Crippen LogP contribution in [0, 0.1) is 6.92 Å². The lowest BCUT2D eigenvalue weighted by Crippen LogP contribution is -2.19. The molecule has 0 aliphatic rings. The van der Waals surface area contributed by atoms with Gasteiger partial charge in [0.25, 0.3) is 0 Å². The van der Waals surface area contributed by atoms with Crippen LogP contribution < -0.4 is 10.2 Å². The normalized spacial score (nSPS) is 12.2. The van der Waals surface area contributed by atoms with Crippen LogP contribution in [-0.4, -0.2) is 19.1 Å². The molecule has 1 atom stereocenters. The first-order chi connectivity index (χ1) is 9.60. The van der Waals surface area contributed by atoms with Crippen molar-refractivity contribution < 1.29 is 0 Å². The maximum absolute atomic E-state index is 4.47. The molecule has 0 amide bonds. The van der Waals surface area contributed by atoms with Gasteiger partial charge in [0.15, 0.2) is 0 Å². The van der Waals surface area contributed by atoms with Gasteiger partial charge in [0.1, 0.15) is 5.82 Å². The Morgan fingerprint density at radius 3 is 2.75 bits per heavy atom. The zero-order chi connectivity index (χ0) is 14.5. The summed E-state index contributed by atoms with van der Waals surface area (Å²) in [5.74, 6) is 1.01. The third-order valence-corrected chi connectivity index (χ3v) is 3.60. The van der Waals surface area contributed by atoms with E-state index in [1.165, 1.54) is 16.7 Å². The van der Waals surface area contributed by atoms with Crippen molar-refractivity contribution in [3.8, 4) is 0 Å². The summed E-state index contributed by atoms with van der Waals surface area (Å²) in [7, 11) is 4.06. The maximum Gasteiger partial charge on any atom is 0.128 e. The fraction of sp³-hybridized carbons (Fsp3) is 0.353. The molecule has 0 aliphatic heterocycles. The number of benzene rings is 1. The molecule has 0 radical (unpaired) electrons. The van der Waals surface area contributed by atoms with Crippen molar-refractivity contribution in [3.63, 3.8) is 0 Å². The zero-order valence-electron chi connectivity index (χ0n) is 12.7. The quantitative estimate of drug-likeness (QED) is 0.902. The maximum atomic E-state index is 4.47. The molecular weight excluding hydrogens is 246 g/mol. The SMILES string of the molecule is CNC(C)c1ccnc(N(C)Cc2cccc(C)c2)c1. The summed E-state index contributed by atoms with van der Waals surface area (Å²) < 4.78 is 0. The van der Waals surface area contributed by atoms with E-state index in [-0.39, 0.29) is 0 Å². The predicted octanol–water partition coefficient (Wildman–Crippen LogP) is 3.31. The van der Waals surface area contributed by atoms with E-state index in [0.717, 1.165) is 12.4 Å². The molecule has 2 aromatic rings. The first-order valence-corrected chi connectivity index (χ1v) is 7.00. The fourth-order valence-corrected chi connectivity index (χ4v) is 2.24. The van der Waals surface area contributed by atoms with E-state index in [9.17, 15) is 0 Å². The van der Waals surface area contributed by atoms with E-state index in [1.54, 1.807) is 0 Å². The number of hydrogen-bond acceptors (Lipinski definition) is 3. The summed E-state index contributed by atoms with van der Waals surface area (Å²) in [6.07, 6.45) is 1.88. The van der Waals surface area contributed by atoms with Crippen molar-refractivity contribution in [1.29, 1.82) is 0 Å². The number of hydrogen-bond donors (Lipinski definition) is 1. The standard InChI is InChI=1S/C17H23N3/c1-13-6-5-7-15(10-13)12-20(4)17-11-16(8-9-19-17)14(2)18-3/h5-11,14,18H,12H2,1-4H3. The van der Waals surface area contributed by atoms with Crippen LogP contribution in [0.1, 0.15) is 29.7 Å². The number of nitrogens with one attached hydrogen (secondary N) is 1. The lowest BCUT2D eigenvalue weighted by molar-refractivity contribution is 0.651. The largest absolute Gasteiger partial charge is 0.355 e. The van der Waals surface area contributed by atoms with Gasteiger partial charge >= 0.3 is 0 Å². The molecule has 2 rings (SSSR count). The van der Waals surface area contributed by atoms with Gasteiger partial charge in [-0.1, -0.05) is 29.8 Å². The van der Waals surface area contributed by atoms with Gasteiger partial charge in [-0.2, -0.15) is 0 Å². The third-order valence-electron chi connectivity index (χ3n) is 3.60. The summed E-state index contributed by atoms with van der Waals surface area (Å²) >= 11 is 0. The molecule has 0 spiro atoms. The minimum Gasteiger partial charge on any atom is -0.355 e. The minimum absolute atomic E-state index is 0.337.